The molecular weight excluding hydrogens is 206 g/mol. The van der Waals surface area contributed by atoms with E-state index in [-0.39, 0.29) is 17.2 Å². The van der Waals surface area contributed by atoms with Crippen LogP contribution in [0.3, 0.4) is 0 Å². The molecule has 1 aromatic carbocycles. The van der Waals surface area contributed by atoms with Crippen molar-refractivity contribution in [1.82, 2.24) is 0 Å². The summed E-state index contributed by atoms with van der Waals surface area (Å²) in [4.78, 5) is 11.5. The van der Waals surface area contributed by atoms with Gasteiger partial charge in [-0.05, 0) is 26.0 Å². The highest BCUT2D eigenvalue weighted by Gasteiger charge is 2.18. The lowest BCUT2D eigenvalue weighted by atomic mass is 10.1. The van der Waals surface area contributed by atoms with Crippen molar-refractivity contribution >= 4 is 5.97 Å². The maximum absolute atomic E-state index is 11.5. The Kier molecular flexibility index (Phi) is 3.90. The van der Waals surface area contributed by atoms with Crippen LogP contribution < -0.4 is 4.74 Å². The zero-order valence-corrected chi connectivity index (χ0v) is 9.48. The topological polar surface area (TPSA) is 59.3 Å². The molecule has 16 heavy (non-hydrogen) atoms. The van der Waals surface area contributed by atoms with E-state index in [2.05, 4.69) is 4.74 Å². The number of nitrogens with zero attached hydrogens (tertiary/aromatic N) is 1. The first-order valence-corrected chi connectivity index (χ1v) is 4.88. The lowest BCUT2D eigenvalue weighted by Gasteiger charge is -2.13. The van der Waals surface area contributed by atoms with Crippen LogP contribution in [-0.2, 0) is 4.74 Å². The molecule has 4 nitrogen and oxygen atoms in total. The third kappa shape index (κ3) is 2.51. The smallest absolute Gasteiger partial charge is 0.343 e. The molecule has 0 saturated carbocycles. The minimum Gasteiger partial charge on any atom is -0.490 e. The third-order valence-electron chi connectivity index (χ3n) is 1.90. The summed E-state index contributed by atoms with van der Waals surface area (Å²) >= 11 is 0. The van der Waals surface area contributed by atoms with Crippen LogP contribution in [0.1, 0.15) is 29.8 Å². The number of ether oxygens (including phenoxy) is 2. The average Bonchev–Trinajstić information content (AvgIpc) is 2.27. The first kappa shape index (κ1) is 12.1. The van der Waals surface area contributed by atoms with E-state index in [1.54, 1.807) is 18.2 Å². The SMILES string of the molecule is COC(=O)c1c(C#N)cccc1OC(C)C. The van der Waals surface area contributed by atoms with Gasteiger partial charge in [0, 0.05) is 0 Å². The van der Waals surface area contributed by atoms with E-state index in [0.29, 0.717) is 5.75 Å². The molecule has 0 bridgehead atoms. The molecule has 0 aliphatic rings. The van der Waals surface area contributed by atoms with Crippen molar-refractivity contribution in [3.8, 4) is 11.8 Å². The summed E-state index contributed by atoms with van der Waals surface area (Å²) < 4.78 is 10.1. The van der Waals surface area contributed by atoms with Crippen molar-refractivity contribution in [3.05, 3.63) is 29.3 Å². The van der Waals surface area contributed by atoms with Crippen LogP contribution in [0.15, 0.2) is 18.2 Å². The number of benzene rings is 1. The second-order valence-corrected chi connectivity index (χ2v) is 3.45. The van der Waals surface area contributed by atoms with Gasteiger partial charge in [-0.3, -0.25) is 0 Å². The van der Waals surface area contributed by atoms with Gasteiger partial charge in [-0.2, -0.15) is 5.26 Å². The summed E-state index contributed by atoms with van der Waals surface area (Å²) in [6, 6.07) is 6.81. The predicted octanol–water partition coefficient (Wildman–Crippen LogP) is 2.13. The minimum absolute atomic E-state index is 0.0719. The van der Waals surface area contributed by atoms with E-state index in [1.807, 2.05) is 19.9 Å². The zero-order chi connectivity index (χ0) is 12.1. The summed E-state index contributed by atoms with van der Waals surface area (Å²) in [5, 5.41) is 8.91. The molecule has 1 rings (SSSR count). The molecule has 0 N–H and O–H groups in total. The molecule has 4 heteroatoms. The van der Waals surface area contributed by atoms with Crippen molar-refractivity contribution in [2.75, 3.05) is 7.11 Å². The Morgan fingerprint density at radius 1 is 1.44 bits per heavy atom. The number of hydrogen-bond acceptors (Lipinski definition) is 4. The van der Waals surface area contributed by atoms with Crippen molar-refractivity contribution in [3.63, 3.8) is 0 Å². The standard InChI is InChI=1S/C12H13NO3/c1-8(2)16-10-6-4-5-9(7-13)11(10)12(14)15-3/h4-6,8H,1-3H3. The van der Waals surface area contributed by atoms with Gasteiger partial charge in [0.25, 0.3) is 0 Å². The van der Waals surface area contributed by atoms with E-state index in [1.165, 1.54) is 7.11 Å². The Morgan fingerprint density at radius 2 is 2.12 bits per heavy atom. The molecule has 0 aromatic heterocycles. The number of rotatable bonds is 3. The third-order valence-corrected chi connectivity index (χ3v) is 1.90. The van der Waals surface area contributed by atoms with Gasteiger partial charge in [-0.15, -0.1) is 0 Å². The molecule has 0 unspecified atom stereocenters. The van der Waals surface area contributed by atoms with E-state index >= 15 is 0 Å². The van der Waals surface area contributed by atoms with Crippen LogP contribution >= 0.6 is 0 Å². The highest BCUT2D eigenvalue weighted by Crippen LogP contribution is 2.24. The van der Waals surface area contributed by atoms with Gasteiger partial charge in [0.05, 0.1) is 18.8 Å². The second kappa shape index (κ2) is 5.17. The molecule has 0 saturated heterocycles. The normalized spacial score (nSPS) is 9.69. The molecule has 0 atom stereocenters. The molecule has 0 amide bonds. The van der Waals surface area contributed by atoms with Crippen molar-refractivity contribution in [2.45, 2.75) is 20.0 Å². The number of hydrogen-bond donors (Lipinski definition) is 0. The van der Waals surface area contributed by atoms with Gasteiger partial charge in [-0.25, -0.2) is 4.79 Å². The molecule has 0 fully saturated rings. The number of carbonyl (C=O) groups is 1. The predicted molar refractivity (Wildman–Crippen MR) is 58.3 cm³/mol. The maximum atomic E-state index is 11.5. The summed E-state index contributed by atoms with van der Waals surface area (Å²) in [5.41, 5.74) is 0.436. The van der Waals surface area contributed by atoms with Gasteiger partial charge in [0.1, 0.15) is 17.4 Å². The Hall–Kier alpha value is -2.02. The fourth-order valence-electron chi connectivity index (χ4n) is 1.29. The first-order chi connectivity index (χ1) is 7.60. The molecular formula is C12H13NO3. The Balaban J connectivity index is 3.27. The first-order valence-electron chi connectivity index (χ1n) is 4.88. The molecule has 0 aliphatic heterocycles. The Morgan fingerprint density at radius 3 is 2.62 bits per heavy atom. The number of esters is 1. The number of carbonyl (C=O) groups excluding carboxylic acids is 1. The Bertz CT molecular complexity index is 432. The van der Waals surface area contributed by atoms with E-state index in [0.717, 1.165) is 0 Å². The fourth-order valence-corrected chi connectivity index (χ4v) is 1.29. The zero-order valence-electron chi connectivity index (χ0n) is 9.48. The maximum Gasteiger partial charge on any atom is 0.343 e. The van der Waals surface area contributed by atoms with Crippen LogP contribution in [0.25, 0.3) is 0 Å². The summed E-state index contributed by atoms with van der Waals surface area (Å²) in [6.07, 6.45) is -0.0719. The van der Waals surface area contributed by atoms with Crippen molar-refractivity contribution < 1.29 is 14.3 Å². The van der Waals surface area contributed by atoms with Gasteiger partial charge >= 0.3 is 5.97 Å². The summed E-state index contributed by atoms with van der Waals surface area (Å²) in [6.45, 7) is 3.69. The number of nitriles is 1. The largest absolute Gasteiger partial charge is 0.490 e. The molecule has 84 valence electrons. The van der Waals surface area contributed by atoms with E-state index in [9.17, 15) is 4.79 Å². The average molecular weight is 219 g/mol. The van der Waals surface area contributed by atoms with Crippen molar-refractivity contribution in [1.29, 1.82) is 5.26 Å². The van der Waals surface area contributed by atoms with E-state index < -0.39 is 5.97 Å². The van der Waals surface area contributed by atoms with Crippen molar-refractivity contribution in [2.24, 2.45) is 0 Å². The summed E-state index contributed by atoms with van der Waals surface area (Å²) in [5.74, 6) is -0.186. The van der Waals surface area contributed by atoms with Crippen LogP contribution in [0, 0.1) is 11.3 Å². The Labute approximate surface area is 94.4 Å². The van der Waals surface area contributed by atoms with Gasteiger partial charge < -0.3 is 9.47 Å². The van der Waals surface area contributed by atoms with Gasteiger partial charge in [0.15, 0.2) is 0 Å². The van der Waals surface area contributed by atoms with E-state index in [4.69, 9.17) is 10.00 Å². The van der Waals surface area contributed by atoms with Gasteiger partial charge in [0.2, 0.25) is 0 Å². The molecule has 1 aromatic rings. The van der Waals surface area contributed by atoms with Crippen LogP contribution in [0.2, 0.25) is 0 Å². The van der Waals surface area contributed by atoms with Crippen LogP contribution in [-0.4, -0.2) is 19.2 Å². The van der Waals surface area contributed by atoms with Crippen LogP contribution in [0.5, 0.6) is 5.75 Å². The van der Waals surface area contributed by atoms with Gasteiger partial charge in [-0.1, -0.05) is 6.07 Å². The lowest BCUT2D eigenvalue weighted by Crippen LogP contribution is -2.12. The lowest BCUT2D eigenvalue weighted by molar-refractivity contribution is 0.0594. The molecule has 0 spiro atoms. The highest BCUT2D eigenvalue weighted by atomic mass is 16.5. The second-order valence-electron chi connectivity index (χ2n) is 3.45. The molecule has 0 heterocycles. The minimum atomic E-state index is -0.562. The number of methoxy groups -OCH3 is 1. The summed E-state index contributed by atoms with van der Waals surface area (Å²) in [7, 11) is 1.27. The quantitative estimate of drug-likeness (QED) is 0.731. The molecule has 0 radical (unpaired) electrons. The fraction of sp³-hybridized carbons (Fsp3) is 0.333. The van der Waals surface area contributed by atoms with Crippen LogP contribution in [0.4, 0.5) is 0 Å². The highest BCUT2D eigenvalue weighted by molar-refractivity contribution is 5.95. The monoisotopic (exact) mass is 219 g/mol. The molecule has 0 aliphatic carbocycles.